The molecule has 0 aromatic rings. The van der Waals surface area contributed by atoms with Crippen molar-refractivity contribution in [2.45, 2.75) is 45.6 Å². The van der Waals surface area contributed by atoms with Crippen LogP contribution in [0, 0.1) is 11.3 Å². The molecule has 0 aromatic carbocycles. The van der Waals surface area contributed by atoms with E-state index in [1.54, 1.807) is 0 Å². The molecule has 1 saturated carbocycles. The van der Waals surface area contributed by atoms with Gasteiger partial charge in [-0.15, -0.1) is 0 Å². The molecule has 2 nitrogen and oxygen atoms in total. The van der Waals surface area contributed by atoms with Gasteiger partial charge in [-0.05, 0) is 50.7 Å². The smallest absolute Gasteiger partial charge is 0.0118 e. The Kier molecular flexibility index (Phi) is 3.36. The Bertz CT molecular complexity index is 213. The highest BCUT2D eigenvalue weighted by Gasteiger charge is 2.34. The van der Waals surface area contributed by atoms with Crippen molar-refractivity contribution in [3.05, 3.63) is 0 Å². The summed E-state index contributed by atoms with van der Waals surface area (Å²) in [5.41, 5.74) is 0.532. The number of hydrogen-bond donors (Lipinski definition) is 1. The largest absolute Gasteiger partial charge is 0.313 e. The maximum Gasteiger partial charge on any atom is 0.0118 e. The van der Waals surface area contributed by atoms with Gasteiger partial charge < -0.3 is 10.2 Å². The van der Waals surface area contributed by atoms with E-state index in [9.17, 15) is 0 Å². The van der Waals surface area contributed by atoms with Crippen LogP contribution < -0.4 is 5.32 Å². The van der Waals surface area contributed by atoms with Crippen LogP contribution in [0.15, 0.2) is 0 Å². The second kappa shape index (κ2) is 4.42. The molecule has 2 unspecified atom stereocenters. The van der Waals surface area contributed by atoms with Crippen molar-refractivity contribution >= 4 is 0 Å². The molecule has 0 spiro atoms. The Hall–Kier alpha value is -0.0800. The highest BCUT2D eigenvalue weighted by molar-refractivity contribution is 4.91. The summed E-state index contributed by atoms with van der Waals surface area (Å²) >= 11 is 0. The first-order valence-electron chi connectivity index (χ1n) is 6.50. The lowest BCUT2D eigenvalue weighted by atomic mass is 9.87. The third-order valence-corrected chi connectivity index (χ3v) is 4.40. The Balaban J connectivity index is 1.74. The minimum Gasteiger partial charge on any atom is -0.313 e. The van der Waals surface area contributed by atoms with E-state index in [0.717, 1.165) is 12.0 Å². The van der Waals surface area contributed by atoms with Crippen molar-refractivity contribution in [2.24, 2.45) is 11.3 Å². The lowest BCUT2D eigenvalue weighted by molar-refractivity contribution is 0.270. The van der Waals surface area contributed by atoms with Gasteiger partial charge in [-0.1, -0.05) is 20.3 Å². The summed E-state index contributed by atoms with van der Waals surface area (Å²) in [6, 6.07) is 0.767. The highest BCUT2D eigenvalue weighted by atomic mass is 15.1. The predicted octanol–water partition coefficient (Wildman–Crippen LogP) is 2.11. The first-order valence-corrected chi connectivity index (χ1v) is 6.50. The second-order valence-electron chi connectivity index (χ2n) is 6.26. The summed E-state index contributed by atoms with van der Waals surface area (Å²) < 4.78 is 0. The molecule has 0 bridgehead atoms. The fraction of sp³-hybridized carbons (Fsp3) is 1.00. The Morgan fingerprint density at radius 1 is 1.33 bits per heavy atom. The lowest BCUT2D eigenvalue weighted by Crippen LogP contribution is -2.40. The van der Waals surface area contributed by atoms with Crippen molar-refractivity contribution in [3.8, 4) is 0 Å². The van der Waals surface area contributed by atoms with Crippen LogP contribution in [0.5, 0.6) is 0 Å². The van der Waals surface area contributed by atoms with Gasteiger partial charge in [0.15, 0.2) is 0 Å². The average molecular weight is 210 g/mol. The second-order valence-corrected chi connectivity index (χ2v) is 6.26. The van der Waals surface area contributed by atoms with E-state index in [-0.39, 0.29) is 0 Å². The molecule has 1 saturated heterocycles. The van der Waals surface area contributed by atoms with Gasteiger partial charge in [0.05, 0.1) is 0 Å². The number of likely N-dealkylation sites (tertiary alicyclic amines) is 1. The van der Waals surface area contributed by atoms with Gasteiger partial charge >= 0.3 is 0 Å². The molecule has 88 valence electrons. The normalized spacial score (nSPS) is 36.2. The van der Waals surface area contributed by atoms with Crippen molar-refractivity contribution in [1.82, 2.24) is 10.2 Å². The molecule has 2 heteroatoms. The van der Waals surface area contributed by atoms with Crippen LogP contribution >= 0.6 is 0 Å². The van der Waals surface area contributed by atoms with Crippen LogP contribution in [-0.2, 0) is 0 Å². The molecule has 2 atom stereocenters. The van der Waals surface area contributed by atoms with Crippen LogP contribution in [0.3, 0.4) is 0 Å². The van der Waals surface area contributed by atoms with Gasteiger partial charge in [0.2, 0.25) is 0 Å². The van der Waals surface area contributed by atoms with Crippen molar-refractivity contribution in [2.75, 3.05) is 26.7 Å². The fourth-order valence-corrected chi connectivity index (χ4v) is 3.21. The van der Waals surface area contributed by atoms with E-state index in [1.165, 1.54) is 45.3 Å². The minimum absolute atomic E-state index is 0.532. The van der Waals surface area contributed by atoms with E-state index in [1.807, 2.05) is 0 Å². The third kappa shape index (κ3) is 2.73. The maximum absolute atomic E-state index is 3.81. The molecule has 15 heavy (non-hydrogen) atoms. The molecule has 1 aliphatic heterocycles. The molecule has 2 aliphatic rings. The van der Waals surface area contributed by atoms with Gasteiger partial charge in [-0.2, -0.15) is 0 Å². The number of hydrogen-bond acceptors (Lipinski definition) is 2. The zero-order valence-corrected chi connectivity index (χ0v) is 10.6. The first-order chi connectivity index (χ1) is 7.08. The van der Waals surface area contributed by atoms with E-state index >= 15 is 0 Å². The SMILES string of the molecule is CN1CCC(CNC2CCCC2(C)C)C1. The summed E-state index contributed by atoms with van der Waals surface area (Å²) in [7, 11) is 2.24. The van der Waals surface area contributed by atoms with E-state index in [4.69, 9.17) is 0 Å². The third-order valence-electron chi connectivity index (χ3n) is 4.40. The Labute approximate surface area is 94.4 Å². The molecule has 1 N–H and O–H groups in total. The zero-order chi connectivity index (χ0) is 10.9. The van der Waals surface area contributed by atoms with Gasteiger partial charge in [-0.25, -0.2) is 0 Å². The van der Waals surface area contributed by atoms with Crippen LogP contribution in [0.1, 0.15) is 39.5 Å². The van der Waals surface area contributed by atoms with E-state index in [2.05, 4.69) is 31.1 Å². The minimum atomic E-state index is 0.532. The predicted molar refractivity (Wildman–Crippen MR) is 65.0 cm³/mol. The van der Waals surface area contributed by atoms with E-state index < -0.39 is 0 Å². The van der Waals surface area contributed by atoms with Gasteiger partial charge in [0.1, 0.15) is 0 Å². The average Bonchev–Trinajstić information content (AvgIpc) is 2.69. The van der Waals surface area contributed by atoms with Crippen LogP contribution in [0.4, 0.5) is 0 Å². The quantitative estimate of drug-likeness (QED) is 0.767. The molecule has 1 aliphatic carbocycles. The number of nitrogens with one attached hydrogen (secondary N) is 1. The molecule has 2 rings (SSSR count). The molecule has 0 aromatic heterocycles. The zero-order valence-electron chi connectivity index (χ0n) is 10.6. The van der Waals surface area contributed by atoms with Gasteiger partial charge in [0.25, 0.3) is 0 Å². The summed E-state index contributed by atoms with van der Waals surface area (Å²) in [5.74, 6) is 0.895. The Morgan fingerprint density at radius 3 is 2.67 bits per heavy atom. The van der Waals surface area contributed by atoms with Crippen LogP contribution in [0.25, 0.3) is 0 Å². The van der Waals surface area contributed by atoms with Crippen molar-refractivity contribution < 1.29 is 0 Å². The Morgan fingerprint density at radius 2 is 2.13 bits per heavy atom. The van der Waals surface area contributed by atoms with Crippen LogP contribution in [-0.4, -0.2) is 37.6 Å². The summed E-state index contributed by atoms with van der Waals surface area (Å²) in [6.45, 7) is 8.65. The highest BCUT2D eigenvalue weighted by Crippen LogP contribution is 2.37. The van der Waals surface area contributed by atoms with Gasteiger partial charge in [0, 0.05) is 12.6 Å². The molecular formula is C13H26N2. The molecule has 0 amide bonds. The fourth-order valence-electron chi connectivity index (χ4n) is 3.21. The lowest BCUT2D eigenvalue weighted by Gasteiger charge is -2.29. The summed E-state index contributed by atoms with van der Waals surface area (Å²) in [4.78, 5) is 2.45. The molecule has 1 heterocycles. The monoisotopic (exact) mass is 210 g/mol. The standard InChI is InChI=1S/C13H26N2/c1-13(2)7-4-5-12(13)14-9-11-6-8-15(3)10-11/h11-12,14H,4-10H2,1-3H3. The molecular weight excluding hydrogens is 184 g/mol. The van der Waals surface area contributed by atoms with Crippen molar-refractivity contribution in [3.63, 3.8) is 0 Å². The maximum atomic E-state index is 3.81. The van der Waals surface area contributed by atoms with Crippen LogP contribution in [0.2, 0.25) is 0 Å². The van der Waals surface area contributed by atoms with Crippen molar-refractivity contribution in [1.29, 1.82) is 0 Å². The number of nitrogens with zero attached hydrogens (tertiary/aromatic N) is 1. The molecule has 0 radical (unpaired) electrons. The molecule has 2 fully saturated rings. The number of rotatable bonds is 3. The van der Waals surface area contributed by atoms with Gasteiger partial charge in [-0.3, -0.25) is 0 Å². The summed E-state index contributed by atoms with van der Waals surface area (Å²) in [5, 5.41) is 3.81. The van der Waals surface area contributed by atoms with E-state index in [0.29, 0.717) is 5.41 Å². The topological polar surface area (TPSA) is 15.3 Å². The first kappa shape index (κ1) is 11.4. The summed E-state index contributed by atoms with van der Waals surface area (Å²) in [6.07, 6.45) is 5.58.